The summed E-state index contributed by atoms with van der Waals surface area (Å²) in [5.41, 5.74) is 3.99. The Balaban J connectivity index is 2.02. The molecule has 0 aliphatic heterocycles. The number of hydrogen-bond acceptors (Lipinski definition) is 3. The number of benzene rings is 2. The molecule has 0 unspecified atom stereocenters. The second kappa shape index (κ2) is 5.81. The summed E-state index contributed by atoms with van der Waals surface area (Å²) in [7, 11) is 0. The molecule has 22 heavy (non-hydrogen) atoms. The summed E-state index contributed by atoms with van der Waals surface area (Å²) in [5.74, 6) is 0.413. The summed E-state index contributed by atoms with van der Waals surface area (Å²) in [6, 6.07) is 11.2. The van der Waals surface area contributed by atoms with Crippen molar-refractivity contribution in [3.8, 4) is 11.5 Å². The minimum Gasteiger partial charge on any atom is -0.436 e. The van der Waals surface area contributed by atoms with Gasteiger partial charge in [-0.05, 0) is 42.8 Å². The molecule has 1 amide bonds. The van der Waals surface area contributed by atoms with Crippen LogP contribution in [-0.4, -0.2) is 10.9 Å². The maximum atomic E-state index is 11.6. The van der Waals surface area contributed by atoms with Gasteiger partial charge in [0.25, 0.3) is 0 Å². The molecule has 0 bridgehead atoms. The number of halogens is 1. The molecule has 0 saturated carbocycles. The van der Waals surface area contributed by atoms with Crippen molar-refractivity contribution < 1.29 is 9.21 Å². The Morgan fingerprint density at radius 1 is 1.27 bits per heavy atom. The SMILES string of the molecule is CCC(=O)Nc1cc(-c2nc3cc(C)ccc3o2)ccc1Cl. The average molecular weight is 315 g/mol. The van der Waals surface area contributed by atoms with Crippen LogP contribution in [0.25, 0.3) is 22.6 Å². The van der Waals surface area contributed by atoms with Gasteiger partial charge < -0.3 is 9.73 Å². The second-order valence-corrected chi connectivity index (χ2v) is 5.49. The molecule has 1 aromatic heterocycles. The molecular formula is C17H15ClN2O2. The lowest BCUT2D eigenvalue weighted by atomic mass is 10.2. The third-order valence-corrected chi connectivity index (χ3v) is 3.68. The van der Waals surface area contributed by atoms with E-state index >= 15 is 0 Å². The fraction of sp³-hybridized carbons (Fsp3) is 0.176. The van der Waals surface area contributed by atoms with E-state index in [-0.39, 0.29) is 5.91 Å². The summed E-state index contributed by atoms with van der Waals surface area (Å²) in [4.78, 5) is 16.0. The number of fused-ring (bicyclic) bond motifs is 1. The summed E-state index contributed by atoms with van der Waals surface area (Å²) in [5, 5.41) is 3.26. The highest BCUT2D eigenvalue weighted by Gasteiger charge is 2.11. The molecule has 0 radical (unpaired) electrons. The zero-order valence-corrected chi connectivity index (χ0v) is 13.1. The van der Waals surface area contributed by atoms with Gasteiger partial charge in [0.1, 0.15) is 5.52 Å². The van der Waals surface area contributed by atoms with Gasteiger partial charge in [0.15, 0.2) is 5.58 Å². The Hall–Kier alpha value is -2.33. The van der Waals surface area contributed by atoms with Crippen LogP contribution in [0.5, 0.6) is 0 Å². The lowest BCUT2D eigenvalue weighted by Gasteiger charge is -2.07. The van der Waals surface area contributed by atoms with Crippen molar-refractivity contribution in [2.75, 3.05) is 5.32 Å². The summed E-state index contributed by atoms with van der Waals surface area (Å²) in [6.07, 6.45) is 0.392. The molecule has 5 heteroatoms. The van der Waals surface area contributed by atoms with Crippen LogP contribution in [0.1, 0.15) is 18.9 Å². The minimum absolute atomic E-state index is 0.0905. The van der Waals surface area contributed by atoms with Gasteiger partial charge in [-0.15, -0.1) is 0 Å². The number of nitrogens with one attached hydrogen (secondary N) is 1. The Morgan fingerprint density at radius 2 is 2.09 bits per heavy atom. The molecule has 2 aromatic carbocycles. The molecule has 0 saturated heterocycles. The molecule has 3 rings (SSSR count). The van der Waals surface area contributed by atoms with Crippen LogP contribution >= 0.6 is 11.6 Å². The first-order chi connectivity index (χ1) is 10.6. The first-order valence-electron chi connectivity index (χ1n) is 7.04. The molecule has 112 valence electrons. The summed E-state index contributed by atoms with van der Waals surface area (Å²) in [6.45, 7) is 3.80. The number of aromatic nitrogens is 1. The van der Waals surface area contributed by atoms with E-state index in [1.165, 1.54) is 0 Å². The van der Waals surface area contributed by atoms with E-state index in [1.54, 1.807) is 19.1 Å². The van der Waals surface area contributed by atoms with Crippen molar-refractivity contribution in [3.05, 3.63) is 47.0 Å². The van der Waals surface area contributed by atoms with Gasteiger partial charge in [-0.2, -0.15) is 0 Å². The lowest BCUT2D eigenvalue weighted by Crippen LogP contribution is -2.09. The monoisotopic (exact) mass is 314 g/mol. The smallest absolute Gasteiger partial charge is 0.227 e. The first kappa shape index (κ1) is 14.6. The number of hydrogen-bond donors (Lipinski definition) is 1. The molecule has 0 spiro atoms. The van der Waals surface area contributed by atoms with Crippen LogP contribution in [0.4, 0.5) is 5.69 Å². The third-order valence-electron chi connectivity index (χ3n) is 3.35. The van der Waals surface area contributed by atoms with Gasteiger partial charge in [-0.25, -0.2) is 4.98 Å². The Labute approximate surface area is 133 Å². The number of rotatable bonds is 3. The maximum Gasteiger partial charge on any atom is 0.227 e. The predicted molar refractivity (Wildman–Crippen MR) is 88.1 cm³/mol. The van der Waals surface area contributed by atoms with Gasteiger partial charge in [0.2, 0.25) is 11.8 Å². The standard InChI is InChI=1S/C17H15ClN2O2/c1-3-16(21)19-13-9-11(5-6-12(13)18)17-20-14-8-10(2)4-7-15(14)22-17/h4-9H,3H2,1-2H3,(H,19,21). The molecular weight excluding hydrogens is 300 g/mol. The van der Waals surface area contributed by atoms with Crippen LogP contribution in [0, 0.1) is 6.92 Å². The van der Waals surface area contributed by atoms with Crippen LogP contribution in [-0.2, 0) is 4.79 Å². The Bertz CT molecular complexity index is 855. The van der Waals surface area contributed by atoms with Crippen molar-refractivity contribution >= 4 is 34.3 Å². The topological polar surface area (TPSA) is 55.1 Å². The molecule has 1 N–H and O–H groups in total. The van der Waals surface area contributed by atoms with E-state index in [2.05, 4.69) is 10.3 Å². The number of amides is 1. The fourth-order valence-corrected chi connectivity index (χ4v) is 2.32. The van der Waals surface area contributed by atoms with E-state index in [4.69, 9.17) is 16.0 Å². The van der Waals surface area contributed by atoms with E-state index in [9.17, 15) is 4.79 Å². The van der Waals surface area contributed by atoms with Gasteiger partial charge in [0.05, 0.1) is 10.7 Å². The van der Waals surface area contributed by atoms with E-state index < -0.39 is 0 Å². The number of aryl methyl sites for hydroxylation is 1. The second-order valence-electron chi connectivity index (χ2n) is 5.09. The van der Waals surface area contributed by atoms with Crippen molar-refractivity contribution in [1.29, 1.82) is 0 Å². The van der Waals surface area contributed by atoms with E-state index in [1.807, 2.05) is 31.2 Å². The maximum absolute atomic E-state index is 11.6. The molecule has 0 aliphatic rings. The molecule has 0 aliphatic carbocycles. The molecule has 4 nitrogen and oxygen atoms in total. The highest BCUT2D eigenvalue weighted by Crippen LogP contribution is 2.30. The largest absolute Gasteiger partial charge is 0.436 e. The fourth-order valence-electron chi connectivity index (χ4n) is 2.15. The number of carbonyl (C=O) groups excluding carboxylic acids is 1. The van der Waals surface area contributed by atoms with Gasteiger partial charge in [-0.1, -0.05) is 24.6 Å². The van der Waals surface area contributed by atoms with E-state index in [0.29, 0.717) is 23.0 Å². The quantitative estimate of drug-likeness (QED) is 0.755. The normalized spacial score (nSPS) is 10.9. The highest BCUT2D eigenvalue weighted by molar-refractivity contribution is 6.33. The molecule has 3 aromatic rings. The molecule has 0 fully saturated rings. The van der Waals surface area contributed by atoms with Gasteiger partial charge in [0, 0.05) is 12.0 Å². The first-order valence-corrected chi connectivity index (χ1v) is 7.41. The van der Waals surface area contributed by atoms with Crippen LogP contribution in [0.15, 0.2) is 40.8 Å². The summed E-state index contributed by atoms with van der Waals surface area (Å²) < 4.78 is 5.77. The summed E-state index contributed by atoms with van der Waals surface area (Å²) >= 11 is 6.12. The number of oxazole rings is 1. The number of nitrogens with zero attached hydrogens (tertiary/aromatic N) is 1. The van der Waals surface area contributed by atoms with E-state index in [0.717, 1.165) is 22.2 Å². The lowest BCUT2D eigenvalue weighted by molar-refractivity contribution is -0.115. The van der Waals surface area contributed by atoms with Crippen molar-refractivity contribution in [3.63, 3.8) is 0 Å². The van der Waals surface area contributed by atoms with Gasteiger partial charge >= 0.3 is 0 Å². The number of carbonyl (C=O) groups is 1. The van der Waals surface area contributed by atoms with Crippen molar-refractivity contribution in [2.45, 2.75) is 20.3 Å². The van der Waals surface area contributed by atoms with Crippen LogP contribution in [0.2, 0.25) is 5.02 Å². The van der Waals surface area contributed by atoms with Crippen molar-refractivity contribution in [2.24, 2.45) is 0 Å². The Kier molecular flexibility index (Phi) is 3.86. The van der Waals surface area contributed by atoms with Crippen LogP contribution in [0.3, 0.4) is 0 Å². The van der Waals surface area contributed by atoms with Gasteiger partial charge in [-0.3, -0.25) is 4.79 Å². The van der Waals surface area contributed by atoms with Crippen LogP contribution < -0.4 is 5.32 Å². The highest BCUT2D eigenvalue weighted by atomic mass is 35.5. The third kappa shape index (κ3) is 2.83. The zero-order valence-electron chi connectivity index (χ0n) is 12.3. The average Bonchev–Trinajstić information content (AvgIpc) is 2.92. The van der Waals surface area contributed by atoms with Crippen molar-refractivity contribution in [1.82, 2.24) is 4.98 Å². The minimum atomic E-state index is -0.0905. The molecule has 1 heterocycles. The number of anilines is 1. The Morgan fingerprint density at radius 3 is 2.86 bits per heavy atom. The molecule has 0 atom stereocenters. The zero-order chi connectivity index (χ0) is 15.7. The predicted octanol–water partition coefficient (Wildman–Crippen LogP) is 4.81.